The van der Waals surface area contributed by atoms with Gasteiger partial charge in [-0.3, -0.25) is 4.79 Å². The first kappa shape index (κ1) is 18.8. The van der Waals surface area contributed by atoms with E-state index in [-0.39, 0.29) is 17.5 Å². The molecule has 3 aromatic rings. The van der Waals surface area contributed by atoms with Crippen molar-refractivity contribution in [3.63, 3.8) is 0 Å². The van der Waals surface area contributed by atoms with Gasteiger partial charge in [0.15, 0.2) is 5.16 Å². The molecule has 0 atom stereocenters. The molecule has 0 saturated heterocycles. The highest BCUT2D eigenvalue weighted by atomic mass is 32.2. The van der Waals surface area contributed by atoms with Gasteiger partial charge in [-0.2, -0.15) is 5.10 Å². The lowest BCUT2D eigenvalue weighted by Gasteiger charge is -2.10. The summed E-state index contributed by atoms with van der Waals surface area (Å²) in [6.45, 7) is 3.77. The quantitative estimate of drug-likeness (QED) is 0.307. The van der Waals surface area contributed by atoms with Crippen LogP contribution in [0.15, 0.2) is 59.0 Å². The van der Waals surface area contributed by atoms with Gasteiger partial charge in [-0.25, -0.2) is 19.8 Å². The average Bonchev–Trinajstić information content (AvgIpc) is 2.95. The van der Waals surface area contributed by atoms with E-state index < -0.39 is 0 Å². The number of nitrogens with one attached hydrogen (secondary N) is 1. The van der Waals surface area contributed by atoms with Crippen LogP contribution < -0.4 is 5.43 Å². The van der Waals surface area contributed by atoms with Gasteiger partial charge in [0.2, 0.25) is 0 Å². The van der Waals surface area contributed by atoms with E-state index in [2.05, 4.69) is 20.5 Å². The van der Waals surface area contributed by atoms with Crippen LogP contribution in [0.5, 0.6) is 0 Å². The minimum atomic E-state index is -0.295. The molecule has 27 heavy (non-hydrogen) atoms. The van der Waals surface area contributed by atoms with Crippen molar-refractivity contribution in [2.24, 2.45) is 5.10 Å². The van der Waals surface area contributed by atoms with E-state index in [1.54, 1.807) is 42.9 Å². The molecule has 0 fully saturated rings. The third kappa shape index (κ3) is 4.59. The van der Waals surface area contributed by atoms with Crippen LogP contribution >= 0.6 is 11.8 Å². The number of hydrazone groups is 1. The minimum absolute atomic E-state index is 0.162. The zero-order valence-corrected chi connectivity index (χ0v) is 15.7. The number of amides is 1. The molecule has 0 spiro atoms. The summed E-state index contributed by atoms with van der Waals surface area (Å²) in [6.07, 6.45) is 4.80. The number of halogens is 1. The molecule has 1 N–H and O–H groups in total. The van der Waals surface area contributed by atoms with E-state index in [9.17, 15) is 9.18 Å². The van der Waals surface area contributed by atoms with Gasteiger partial charge in [-0.15, -0.1) is 0 Å². The second-order valence-corrected chi connectivity index (χ2v) is 6.67. The van der Waals surface area contributed by atoms with Gasteiger partial charge >= 0.3 is 0 Å². The van der Waals surface area contributed by atoms with Crippen LogP contribution in [-0.2, 0) is 4.79 Å². The van der Waals surface area contributed by atoms with Crippen LogP contribution in [0.4, 0.5) is 4.39 Å². The van der Waals surface area contributed by atoms with E-state index in [1.807, 2.05) is 24.5 Å². The molecule has 1 amide bonds. The normalized spacial score (nSPS) is 11.1. The van der Waals surface area contributed by atoms with Crippen molar-refractivity contribution in [3.8, 4) is 5.69 Å². The zero-order chi connectivity index (χ0) is 19.2. The lowest BCUT2D eigenvalue weighted by Crippen LogP contribution is -2.19. The Morgan fingerprint density at radius 3 is 2.74 bits per heavy atom. The standard InChI is InChI=1S/C19H18FN5OS/c1-13-10-15(14(2)25(13)17-7-4-3-6-16(17)20)11-23-24-18(26)12-27-19-21-8-5-9-22-19/h3-11H,12H2,1-2H3,(H,24,26). The number of carbonyl (C=O) groups is 1. The van der Waals surface area contributed by atoms with Crippen LogP contribution in [0, 0.1) is 19.7 Å². The maximum atomic E-state index is 14.1. The van der Waals surface area contributed by atoms with Crippen LogP contribution in [0.25, 0.3) is 5.69 Å². The SMILES string of the molecule is Cc1cc(C=NNC(=O)CSc2ncccn2)c(C)n1-c1ccccc1F. The molecule has 3 rings (SSSR count). The Morgan fingerprint density at radius 1 is 1.26 bits per heavy atom. The summed E-state index contributed by atoms with van der Waals surface area (Å²) in [6, 6.07) is 10.2. The number of hydrogen-bond donors (Lipinski definition) is 1. The summed E-state index contributed by atoms with van der Waals surface area (Å²) in [4.78, 5) is 20.0. The lowest BCUT2D eigenvalue weighted by atomic mass is 10.2. The van der Waals surface area contributed by atoms with Crippen LogP contribution in [0.3, 0.4) is 0 Å². The summed E-state index contributed by atoms with van der Waals surface area (Å²) >= 11 is 1.23. The third-order valence-electron chi connectivity index (χ3n) is 3.83. The summed E-state index contributed by atoms with van der Waals surface area (Å²) in [5, 5.41) is 4.53. The highest BCUT2D eigenvalue weighted by molar-refractivity contribution is 7.99. The number of nitrogens with zero attached hydrogens (tertiary/aromatic N) is 4. The second-order valence-electron chi connectivity index (χ2n) is 5.73. The van der Waals surface area contributed by atoms with Crippen LogP contribution in [-0.4, -0.2) is 32.4 Å². The number of hydrogen-bond acceptors (Lipinski definition) is 5. The van der Waals surface area contributed by atoms with Crippen LogP contribution in [0.1, 0.15) is 17.0 Å². The topological polar surface area (TPSA) is 72.2 Å². The Morgan fingerprint density at radius 2 is 2.00 bits per heavy atom. The summed E-state index contributed by atoms with van der Waals surface area (Å²) in [5.74, 6) is -0.391. The van der Waals surface area contributed by atoms with E-state index in [0.717, 1.165) is 17.0 Å². The summed E-state index contributed by atoms with van der Waals surface area (Å²) in [7, 11) is 0. The van der Waals surface area contributed by atoms with Crippen molar-refractivity contribution < 1.29 is 9.18 Å². The molecule has 0 aliphatic rings. The van der Waals surface area contributed by atoms with Crippen molar-refractivity contribution in [3.05, 3.63) is 71.6 Å². The molecule has 6 nitrogen and oxygen atoms in total. The number of benzene rings is 1. The van der Waals surface area contributed by atoms with Gasteiger partial charge in [0.05, 0.1) is 17.7 Å². The van der Waals surface area contributed by atoms with Gasteiger partial charge in [0, 0.05) is 29.3 Å². The largest absolute Gasteiger partial charge is 0.315 e. The highest BCUT2D eigenvalue weighted by Crippen LogP contribution is 2.21. The zero-order valence-electron chi connectivity index (χ0n) is 14.9. The monoisotopic (exact) mass is 383 g/mol. The Kier molecular flexibility index (Phi) is 5.97. The predicted octanol–water partition coefficient (Wildman–Crippen LogP) is 3.27. The molecule has 8 heteroatoms. The van der Waals surface area contributed by atoms with Crippen molar-refractivity contribution >= 4 is 23.9 Å². The highest BCUT2D eigenvalue weighted by Gasteiger charge is 2.12. The number of carbonyl (C=O) groups excluding carboxylic acids is 1. The van der Waals surface area contributed by atoms with Crippen molar-refractivity contribution in [2.45, 2.75) is 19.0 Å². The van der Waals surface area contributed by atoms with E-state index >= 15 is 0 Å². The summed E-state index contributed by atoms with van der Waals surface area (Å²) < 4.78 is 15.9. The maximum Gasteiger partial charge on any atom is 0.250 e. The Labute approximate surface area is 160 Å². The molecule has 2 aromatic heterocycles. The first-order valence-electron chi connectivity index (χ1n) is 8.22. The number of thioether (sulfide) groups is 1. The first-order chi connectivity index (χ1) is 13.1. The number of aryl methyl sites for hydroxylation is 1. The van der Waals surface area contributed by atoms with Gasteiger partial charge in [-0.1, -0.05) is 23.9 Å². The Hall–Kier alpha value is -3.00. The number of para-hydroxylation sites is 1. The fraction of sp³-hybridized carbons (Fsp3) is 0.158. The van der Waals surface area contributed by atoms with Gasteiger partial charge < -0.3 is 4.57 Å². The molecular weight excluding hydrogens is 365 g/mol. The first-order valence-corrected chi connectivity index (χ1v) is 9.20. The number of rotatable bonds is 6. The van der Waals surface area contributed by atoms with Gasteiger partial charge in [0.1, 0.15) is 5.82 Å². The van der Waals surface area contributed by atoms with E-state index in [1.165, 1.54) is 17.8 Å². The molecule has 0 radical (unpaired) electrons. The molecule has 0 unspecified atom stereocenters. The second kappa shape index (κ2) is 8.59. The molecule has 0 aliphatic carbocycles. The molecular formula is C19H18FN5OS. The average molecular weight is 383 g/mol. The summed E-state index contributed by atoms with van der Waals surface area (Å²) in [5.41, 5.74) is 5.47. The minimum Gasteiger partial charge on any atom is -0.315 e. The van der Waals surface area contributed by atoms with E-state index in [4.69, 9.17) is 0 Å². The van der Waals surface area contributed by atoms with E-state index in [0.29, 0.717) is 10.8 Å². The molecule has 1 aromatic carbocycles. The smallest absolute Gasteiger partial charge is 0.250 e. The third-order valence-corrected chi connectivity index (χ3v) is 4.71. The van der Waals surface area contributed by atoms with Gasteiger partial charge in [-0.05, 0) is 38.1 Å². The molecule has 0 aliphatic heterocycles. The van der Waals surface area contributed by atoms with Crippen LogP contribution in [0.2, 0.25) is 0 Å². The van der Waals surface area contributed by atoms with Gasteiger partial charge in [0.25, 0.3) is 5.91 Å². The fourth-order valence-corrected chi connectivity index (χ4v) is 3.21. The Bertz CT molecular complexity index is 971. The molecule has 0 bridgehead atoms. The molecule has 138 valence electrons. The molecule has 0 saturated carbocycles. The van der Waals surface area contributed by atoms with Crippen molar-refractivity contribution in [1.82, 2.24) is 20.0 Å². The molecule has 2 heterocycles. The van der Waals surface area contributed by atoms with Crippen molar-refractivity contribution in [1.29, 1.82) is 0 Å². The van der Waals surface area contributed by atoms with Crippen molar-refractivity contribution in [2.75, 3.05) is 5.75 Å². The number of aromatic nitrogens is 3. The Balaban J connectivity index is 1.65. The lowest BCUT2D eigenvalue weighted by molar-refractivity contribution is -0.118. The maximum absolute atomic E-state index is 14.1. The fourth-order valence-electron chi connectivity index (χ4n) is 2.62. The predicted molar refractivity (Wildman–Crippen MR) is 104 cm³/mol.